The van der Waals surface area contributed by atoms with Crippen molar-refractivity contribution in [3.63, 3.8) is 0 Å². The Kier molecular flexibility index (Phi) is 2.65. The van der Waals surface area contributed by atoms with Crippen molar-refractivity contribution in [1.29, 1.82) is 0 Å². The van der Waals surface area contributed by atoms with Gasteiger partial charge in [-0.2, -0.15) is 0 Å². The smallest absolute Gasteiger partial charge is 0.328 e. The molecule has 2 fully saturated rings. The van der Waals surface area contributed by atoms with Gasteiger partial charge >= 0.3 is 5.97 Å². The van der Waals surface area contributed by atoms with E-state index in [1.807, 2.05) is 6.92 Å². The lowest BCUT2D eigenvalue weighted by atomic mass is 10.0. The summed E-state index contributed by atoms with van der Waals surface area (Å²) in [6, 6.07) is -0.570. The molecule has 2 aliphatic rings. The standard InChI is InChI=1S/C10H16N2O3/c1-6-9(13)12-7(10(14)15-2)4-3-5-8(12)11-6/h6-8,11H,3-5H2,1-2H3/t6-,7+,8+/m1/s1. The van der Waals surface area contributed by atoms with Crippen molar-refractivity contribution in [2.45, 2.75) is 44.4 Å². The van der Waals surface area contributed by atoms with Crippen LogP contribution in [-0.4, -0.2) is 42.1 Å². The van der Waals surface area contributed by atoms with Gasteiger partial charge in [0.2, 0.25) is 5.91 Å². The van der Waals surface area contributed by atoms with E-state index >= 15 is 0 Å². The molecule has 84 valence electrons. The lowest BCUT2D eigenvalue weighted by Crippen LogP contribution is -2.51. The minimum Gasteiger partial charge on any atom is -0.467 e. The van der Waals surface area contributed by atoms with Crippen molar-refractivity contribution in [3.8, 4) is 0 Å². The lowest BCUT2D eigenvalue weighted by molar-refractivity contribution is -0.154. The van der Waals surface area contributed by atoms with Crippen molar-refractivity contribution in [2.75, 3.05) is 7.11 Å². The van der Waals surface area contributed by atoms with E-state index in [1.54, 1.807) is 4.90 Å². The summed E-state index contributed by atoms with van der Waals surface area (Å²) in [7, 11) is 1.36. The van der Waals surface area contributed by atoms with Crippen LogP contribution in [-0.2, 0) is 14.3 Å². The summed E-state index contributed by atoms with van der Waals surface area (Å²) < 4.78 is 4.72. The van der Waals surface area contributed by atoms with Crippen LogP contribution in [0.1, 0.15) is 26.2 Å². The molecule has 2 saturated heterocycles. The second-order valence-corrected chi connectivity index (χ2v) is 4.12. The van der Waals surface area contributed by atoms with Crippen LogP contribution >= 0.6 is 0 Å². The zero-order valence-corrected chi connectivity index (χ0v) is 9.03. The van der Waals surface area contributed by atoms with Crippen LogP contribution in [0.25, 0.3) is 0 Å². The highest BCUT2D eigenvalue weighted by Crippen LogP contribution is 2.27. The van der Waals surface area contributed by atoms with Crippen LogP contribution < -0.4 is 5.32 Å². The van der Waals surface area contributed by atoms with E-state index in [4.69, 9.17) is 4.74 Å². The molecule has 0 aliphatic carbocycles. The highest BCUT2D eigenvalue weighted by Gasteiger charge is 2.45. The van der Waals surface area contributed by atoms with Crippen LogP contribution in [0.15, 0.2) is 0 Å². The Balaban J connectivity index is 2.19. The molecule has 1 amide bonds. The van der Waals surface area contributed by atoms with Gasteiger partial charge in [0.1, 0.15) is 6.04 Å². The van der Waals surface area contributed by atoms with E-state index in [1.165, 1.54) is 7.11 Å². The predicted octanol–water partition coefficient (Wildman–Crippen LogP) is -0.142. The monoisotopic (exact) mass is 212 g/mol. The molecule has 0 aromatic carbocycles. The summed E-state index contributed by atoms with van der Waals surface area (Å²) >= 11 is 0. The van der Waals surface area contributed by atoms with Crippen LogP contribution in [0.2, 0.25) is 0 Å². The molecule has 0 unspecified atom stereocenters. The number of methoxy groups -OCH3 is 1. The molecule has 5 heteroatoms. The van der Waals surface area contributed by atoms with Crippen LogP contribution in [0, 0.1) is 0 Å². The number of nitrogens with one attached hydrogen (secondary N) is 1. The molecule has 0 spiro atoms. The number of piperidine rings is 1. The molecule has 0 aromatic heterocycles. The minimum atomic E-state index is -0.390. The summed E-state index contributed by atoms with van der Waals surface area (Å²) in [6.45, 7) is 1.83. The second-order valence-electron chi connectivity index (χ2n) is 4.12. The number of amides is 1. The maximum absolute atomic E-state index is 11.8. The summed E-state index contributed by atoms with van der Waals surface area (Å²) in [5.74, 6) is -0.293. The van der Waals surface area contributed by atoms with Gasteiger partial charge < -0.3 is 9.64 Å². The van der Waals surface area contributed by atoms with Crippen LogP contribution in [0.4, 0.5) is 0 Å². The van der Waals surface area contributed by atoms with Crippen LogP contribution in [0.3, 0.4) is 0 Å². The summed E-state index contributed by atoms with van der Waals surface area (Å²) in [4.78, 5) is 25.0. The quantitative estimate of drug-likeness (QED) is 0.614. The predicted molar refractivity (Wildman–Crippen MR) is 52.9 cm³/mol. The Morgan fingerprint density at radius 3 is 2.93 bits per heavy atom. The van der Waals surface area contributed by atoms with Gasteiger partial charge in [-0.15, -0.1) is 0 Å². The third-order valence-electron chi connectivity index (χ3n) is 3.17. The number of carbonyl (C=O) groups is 2. The Morgan fingerprint density at radius 2 is 2.27 bits per heavy atom. The topological polar surface area (TPSA) is 58.6 Å². The Morgan fingerprint density at radius 1 is 1.53 bits per heavy atom. The van der Waals surface area contributed by atoms with E-state index in [2.05, 4.69) is 5.32 Å². The second kappa shape index (κ2) is 3.81. The molecular weight excluding hydrogens is 196 g/mol. The molecule has 2 rings (SSSR count). The Hall–Kier alpha value is -1.10. The zero-order chi connectivity index (χ0) is 11.0. The molecule has 2 aliphatic heterocycles. The van der Waals surface area contributed by atoms with Gasteiger partial charge in [-0.05, 0) is 26.2 Å². The first kappa shape index (κ1) is 10.4. The minimum absolute atomic E-state index is 0.00935. The normalized spacial score (nSPS) is 35.2. The summed E-state index contributed by atoms with van der Waals surface area (Å²) in [5.41, 5.74) is 0. The summed E-state index contributed by atoms with van der Waals surface area (Å²) in [6.07, 6.45) is 2.60. The lowest BCUT2D eigenvalue weighted by Gasteiger charge is -2.35. The molecule has 0 bridgehead atoms. The number of nitrogens with zero attached hydrogens (tertiary/aromatic N) is 1. The summed E-state index contributed by atoms with van der Waals surface area (Å²) in [5, 5.41) is 3.18. The van der Waals surface area contributed by atoms with Gasteiger partial charge in [-0.1, -0.05) is 0 Å². The van der Waals surface area contributed by atoms with Gasteiger partial charge in [0.25, 0.3) is 0 Å². The molecular formula is C10H16N2O3. The first-order valence-corrected chi connectivity index (χ1v) is 5.31. The molecule has 1 N–H and O–H groups in total. The molecule has 3 atom stereocenters. The number of carbonyl (C=O) groups excluding carboxylic acids is 2. The van der Waals surface area contributed by atoms with E-state index in [0.29, 0.717) is 6.42 Å². The van der Waals surface area contributed by atoms with Gasteiger partial charge in [-0.3, -0.25) is 10.1 Å². The van der Waals surface area contributed by atoms with Crippen molar-refractivity contribution in [1.82, 2.24) is 10.2 Å². The fourth-order valence-electron chi connectivity index (χ4n) is 2.42. The zero-order valence-electron chi connectivity index (χ0n) is 9.03. The third kappa shape index (κ3) is 1.61. The van der Waals surface area contributed by atoms with Crippen molar-refractivity contribution >= 4 is 11.9 Å². The molecule has 2 heterocycles. The van der Waals surface area contributed by atoms with Crippen LogP contribution in [0.5, 0.6) is 0 Å². The largest absolute Gasteiger partial charge is 0.467 e. The van der Waals surface area contributed by atoms with Crippen molar-refractivity contribution in [3.05, 3.63) is 0 Å². The SMILES string of the molecule is COC(=O)[C@@H]1CCC[C@H]2N[C@H](C)C(=O)N21. The van der Waals surface area contributed by atoms with Crippen molar-refractivity contribution < 1.29 is 14.3 Å². The van der Waals surface area contributed by atoms with E-state index in [-0.39, 0.29) is 24.1 Å². The van der Waals surface area contributed by atoms with E-state index in [0.717, 1.165) is 12.8 Å². The maximum Gasteiger partial charge on any atom is 0.328 e. The number of fused-ring (bicyclic) bond motifs is 1. The maximum atomic E-state index is 11.8. The van der Waals surface area contributed by atoms with Gasteiger partial charge in [-0.25, -0.2) is 4.79 Å². The molecule has 5 nitrogen and oxygen atoms in total. The first-order chi connectivity index (χ1) is 7.15. The molecule has 0 radical (unpaired) electrons. The average Bonchev–Trinajstić information content (AvgIpc) is 2.54. The highest BCUT2D eigenvalue weighted by molar-refractivity contribution is 5.89. The fourth-order valence-corrected chi connectivity index (χ4v) is 2.42. The Labute approximate surface area is 88.8 Å². The third-order valence-corrected chi connectivity index (χ3v) is 3.17. The van der Waals surface area contributed by atoms with Gasteiger partial charge in [0.15, 0.2) is 0 Å². The number of hydrogen-bond acceptors (Lipinski definition) is 4. The number of esters is 1. The first-order valence-electron chi connectivity index (χ1n) is 5.31. The van der Waals surface area contributed by atoms with Gasteiger partial charge in [0, 0.05) is 0 Å². The number of hydrogen-bond donors (Lipinski definition) is 1. The van der Waals surface area contributed by atoms with Crippen molar-refractivity contribution in [2.24, 2.45) is 0 Å². The number of rotatable bonds is 1. The highest BCUT2D eigenvalue weighted by atomic mass is 16.5. The van der Waals surface area contributed by atoms with E-state index in [9.17, 15) is 9.59 Å². The average molecular weight is 212 g/mol. The number of ether oxygens (including phenoxy) is 1. The van der Waals surface area contributed by atoms with Gasteiger partial charge in [0.05, 0.1) is 19.3 Å². The molecule has 0 saturated carbocycles. The molecule has 0 aromatic rings. The fraction of sp³-hybridized carbons (Fsp3) is 0.800. The molecule has 15 heavy (non-hydrogen) atoms. The van der Waals surface area contributed by atoms with E-state index < -0.39 is 6.04 Å². The Bertz CT molecular complexity index is 292.